The summed E-state index contributed by atoms with van der Waals surface area (Å²) in [6.07, 6.45) is 12.2. The molecule has 0 radical (unpaired) electrons. The van der Waals surface area contributed by atoms with Crippen molar-refractivity contribution in [2.45, 2.75) is 20.3 Å². The second-order valence-corrected chi connectivity index (χ2v) is 4.63. The van der Waals surface area contributed by atoms with Gasteiger partial charge in [0.05, 0.1) is 11.4 Å². The molecule has 1 rings (SSSR count). The predicted octanol–water partition coefficient (Wildman–Crippen LogP) is 3.14. The second-order valence-electron chi connectivity index (χ2n) is 4.63. The van der Waals surface area contributed by atoms with Gasteiger partial charge in [-0.05, 0) is 56.7 Å². The van der Waals surface area contributed by atoms with Crippen molar-refractivity contribution >= 4 is 11.5 Å². The Morgan fingerprint density at radius 2 is 2.00 bits per heavy atom. The molecule has 0 amide bonds. The van der Waals surface area contributed by atoms with E-state index < -0.39 is 0 Å². The Labute approximate surface area is 121 Å². The fourth-order valence-corrected chi connectivity index (χ4v) is 1.79. The Balaban J connectivity index is 3.01. The average Bonchev–Trinajstić information content (AvgIpc) is 2.42. The lowest BCUT2D eigenvalue weighted by atomic mass is 9.98. The molecule has 0 fully saturated rings. The van der Waals surface area contributed by atoms with E-state index in [1.54, 1.807) is 0 Å². The molecule has 0 heterocycles. The van der Waals surface area contributed by atoms with Crippen LogP contribution in [-0.4, -0.2) is 25.1 Å². The van der Waals surface area contributed by atoms with Gasteiger partial charge >= 0.3 is 0 Å². The van der Waals surface area contributed by atoms with Crippen molar-refractivity contribution in [1.82, 2.24) is 5.32 Å². The molecule has 0 unspecified atom stereocenters. The van der Waals surface area contributed by atoms with E-state index in [0.717, 1.165) is 35.5 Å². The van der Waals surface area contributed by atoms with Gasteiger partial charge in [0.1, 0.15) is 0 Å². The Morgan fingerprint density at radius 1 is 1.35 bits per heavy atom. The summed E-state index contributed by atoms with van der Waals surface area (Å²) in [5, 5.41) is 3.05. The molecule has 0 aliphatic heterocycles. The van der Waals surface area contributed by atoms with Gasteiger partial charge in [0.15, 0.2) is 5.78 Å². The highest BCUT2D eigenvalue weighted by atomic mass is 16.1. The van der Waals surface area contributed by atoms with Crippen LogP contribution in [0.5, 0.6) is 0 Å². The first kappa shape index (κ1) is 16.1. The highest BCUT2D eigenvalue weighted by Crippen LogP contribution is 2.14. The van der Waals surface area contributed by atoms with Crippen molar-refractivity contribution in [3.63, 3.8) is 0 Å². The summed E-state index contributed by atoms with van der Waals surface area (Å²) in [7, 11) is 1.90. The number of hydrogen-bond acceptors (Lipinski definition) is 3. The number of aliphatic imine (C=N–C) groups is 1. The number of carbonyl (C=O) groups is 1. The molecule has 20 heavy (non-hydrogen) atoms. The van der Waals surface area contributed by atoms with E-state index in [-0.39, 0.29) is 5.78 Å². The number of ketones is 1. The number of Topliss-reactive ketones (excluding diaryl/α,β-unsaturated/α-hetero) is 1. The van der Waals surface area contributed by atoms with Crippen LogP contribution in [0.4, 0.5) is 0 Å². The first-order valence-corrected chi connectivity index (χ1v) is 6.70. The average molecular weight is 270 g/mol. The van der Waals surface area contributed by atoms with Gasteiger partial charge in [-0.1, -0.05) is 18.2 Å². The zero-order valence-corrected chi connectivity index (χ0v) is 12.4. The lowest BCUT2D eigenvalue weighted by Gasteiger charge is -2.09. The topological polar surface area (TPSA) is 41.5 Å². The SMILES string of the molecule is C=CC/C=C(\C=C/CNC)N=C1C=C(C)C(=O)C(C)=C1. The van der Waals surface area contributed by atoms with E-state index in [4.69, 9.17) is 0 Å². The van der Waals surface area contributed by atoms with Crippen LogP contribution < -0.4 is 5.32 Å². The maximum atomic E-state index is 11.7. The van der Waals surface area contributed by atoms with Gasteiger partial charge in [-0.2, -0.15) is 0 Å². The fraction of sp³-hybridized carbons (Fsp3) is 0.294. The normalized spacial score (nSPS) is 16.2. The summed E-state index contributed by atoms with van der Waals surface area (Å²) in [6.45, 7) is 8.14. The first-order valence-electron chi connectivity index (χ1n) is 6.70. The molecule has 0 aromatic heterocycles. The molecule has 0 atom stereocenters. The molecule has 3 heteroatoms. The third kappa shape index (κ3) is 4.94. The van der Waals surface area contributed by atoms with Crippen molar-refractivity contribution < 1.29 is 4.79 Å². The molecule has 1 aliphatic rings. The number of likely N-dealkylation sites (N-methyl/N-ethyl adjacent to an activating group) is 1. The van der Waals surface area contributed by atoms with Crippen LogP contribution in [0, 0.1) is 0 Å². The summed E-state index contributed by atoms with van der Waals surface area (Å²) >= 11 is 0. The second kappa shape index (κ2) is 8.23. The highest BCUT2D eigenvalue weighted by molar-refractivity contribution is 6.21. The van der Waals surface area contributed by atoms with Crippen LogP contribution in [0.3, 0.4) is 0 Å². The van der Waals surface area contributed by atoms with Gasteiger partial charge in [-0.15, -0.1) is 6.58 Å². The maximum Gasteiger partial charge on any atom is 0.184 e. The van der Waals surface area contributed by atoms with Gasteiger partial charge in [0.25, 0.3) is 0 Å². The van der Waals surface area contributed by atoms with Gasteiger partial charge in [-0.25, -0.2) is 4.99 Å². The number of carbonyl (C=O) groups excluding carboxylic acids is 1. The molecule has 3 nitrogen and oxygen atoms in total. The van der Waals surface area contributed by atoms with Crippen LogP contribution in [-0.2, 0) is 4.79 Å². The van der Waals surface area contributed by atoms with Gasteiger partial charge in [0, 0.05) is 6.54 Å². The largest absolute Gasteiger partial charge is 0.316 e. The third-order valence-electron chi connectivity index (χ3n) is 2.81. The van der Waals surface area contributed by atoms with E-state index >= 15 is 0 Å². The molecule has 0 saturated heterocycles. The Kier molecular flexibility index (Phi) is 6.60. The molecule has 106 valence electrons. The summed E-state index contributed by atoms with van der Waals surface area (Å²) in [5.74, 6) is 0.0892. The van der Waals surface area contributed by atoms with Crippen LogP contribution in [0.1, 0.15) is 20.3 Å². The van der Waals surface area contributed by atoms with Gasteiger partial charge in [-0.3, -0.25) is 4.79 Å². The molecular weight excluding hydrogens is 248 g/mol. The number of hydrogen-bond donors (Lipinski definition) is 1. The van der Waals surface area contributed by atoms with Gasteiger partial charge in [0.2, 0.25) is 0 Å². The first-order chi connectivity index (χ1) is 9.58. The fourth-order valence-electron chi connectivity index (χ4n) is 1.79. The van der Waals surface area contributed by atoms with E-state index in [1.807, 2.05) is 57.4 Å². The molecular formula is C17H22N2O. The van der Waals surface area contributed by atoms with Crippen molar-refractivity contribution in [1.29, 1.82) is 0 Å². The molecule has 0 saturated carbocycles. The summed E-state index contributed by atoms with van der Waals surface area (Å²) in [5.41, 5.74) is 3.14. The van der Waals surface area contributed by atoms with Crippen molar-refractivity contribution in [3.8, 4) is 0 Å². The lowest BCUT2D eigenvalue weighted by Crippen LogP contribution is -2.10. The number of nitrogens with one attached hydrogen (secondary N) is 1. The van der Waals surface area contributed by atoms with Crippen LogP contribution in [0.25, 0.3) is 0 Å². The third-order valence-corrected chi connectivity index (χ3v) is 2.81. The Hall–Kier alpha value is -2.00. The maximum absolute atomic E-state index is 11.7. The van der Waals surface area contributed by atoms with Crippen LogP contribution in [0.2, 0.25) is 0 Å². The summed E-state index contributed by atoms with van der Waals surface area (Å²) in [6, 6.07) is 0. The van der Waals surface area contributed by atoms with Crippen LogP contribution >= 0.6 is 0 Å². The van der Waals surface area contributed by atoms with Crippen molar-refractivity contribution in [3.05, 3.63) is 59.9 Å². The minimum Gasteiger partial charge on any atom is -0.316 e. The number of nitrogens with zero attached hydrogens (tertiary/aromatic N) is 1. The number of allylic oxidation sites excluding steroid dienone is 7. The van der Waals surface area contributed by atoms with E-state index in [1.165, 1.54) is 0 Å². The molecule has 1 N–H and O–H groups in total. The lowest BCUT2D eigenvalue weighted by molar-refractivity contribution is -0.112. The smallest absolute Gasteiger partial charge is 0.184 e. The van der Waals surface area contributed by atoms with E-state index in [0.29, 0.717) is 0 Å². The zero-order chi connectivity index (χ0) is 15.0. The quantitative estimate of drug-likeness (QED) is 0.457. The molecule has 0 bridgehead atoms. The monoisotopic (exact) mass is 270 g/mol. The Bertz CT molecular complexity index is 507. The molecule has 0 spiro atoms. The molecule has 1 aliphatic carbocycles. The number of rotatable bonds is 6. The standard InChI is InChI=1S/C17H22N2O/c1-5-6-8-15(9-7-10-18-4)19-16-11-13(2)17(20)14(3)12-16/h5,7-9,11-12,18H,1,6,10H2,2-4H3/b9-7-,15-8+. The van der Waals surface area contributed by atoms with Crippen LogP contribution in [0.15, 0.2) is 64.9 Å². The summed E-state index contributed by atoms with van der Waals surface area (Å²) < 4.78 is 0. The molecule has 0 aromatic rings. The predicted molar refractivity (Wildman–Crippen MR) is 85.9 cm³/mol. The van der Waals surface area contributed by atoms with E-state index in [9.17, 15) is 4.79 Å². The Morgan fingerprint density at radius 3 is 2.55 bits per heavy atom. The van der Waals surface area contributed by atoms with Crippen molar-refractivity contribution in [2.75, 3.05) is 13.6 Å². The van der Waals surface area contributed by atoms with Gasteiger partial charge < -0.3 is 5.32 Å². The summed E-state index contributed by atoms with van der Waals surface area (Å²) in [4.78, 5) is 16.3. The van der Waals surface area contributed by atoms with Crippen molar-refractivity contribution in [2.24, 2.45) is 4.99 Å². The molecule has 0 aromatic carbocycles. The zero-order valence-electron chi connectivity index (χ0n) is 12.4. The van der Waals surface area contributed by atoms with E-state index in [2.05, 4.69) is 16.9 Å². The minimum atomic E-state index is 0.0892. The highest BCUT2D eigenvalue weighted by Gasteiger charge is 2.13. The minimum absolute atomic E-state index is 0.0892.